The van der Waals surface area contributed by atoms with E-state index in [1.165, 1.54) is 9.47 Å². The predicted octanol–water partition coefficient (Wildman–Crippen LogP) is 2.72. The quantitative estimate of drug-likeness (QED) is 0.714. The summed E-state index contributed by atoms with van der Waals surface area (Å²) in [4.78, 5) is 43.4. The molecule has 26 heavy (non-hydrogen) atoms. The summed E-state index contributed by atoms with van der Waals surface area (Å²) in [6.07, 6.45) is 0. The number of hydrogen-bond acceptors (Lipinski definition) is 5. The van der Waals surface area contributed by atoms with Crippen molar-refractivity contribution in [3.63, 3.8) is 0 Å². The molecular formula is C19H15N3O3S. The molecule has 6 nitrogen and oxygen atoms in total. The Kier molecular flexibility index (Phi) is 4.08. The standard InChI is InChI=1S/C19H15N3O3S/c1-21-17(20-14-10-6-5-9-13(14)18(21)24)16(12-7-3-2-4-8-12)22-15(23)11-26-19(22)25/h2-10,16H,11H2,1H3. The van der Waals surface area contributed by atoms with Gasteiger partial charge in [0, 0.05) is 7.05 Å². The first-order valence-electron chi connectivity index (χ1n) is 8.07. The molecule has 1 aliphatic heterocycles. The maximum Gasteiger partial charge on any atom is 0.289 e. The molecule has 2 heterocycles. The number of hydrogen-bond donors (Lipinski definition) is 0. The Labute approximate surface area is 153 Å². The topological polar surface area (TPSA) is 72.3 Å². The normalized spacial score (nSPS) is 15.7. The summed E-state index contributed by atoms with van der Waals surface area (Å²) >= 11 is 0.967. The maximum atomic E-state index is 12.8. The van der Waals surface area contributed by atoms with Crippen molar-refractivity contribution >= 4 is 33.8 Å². The molecule has 0 radical (unpaired) electrons. The number of imide groups is 1. The molecule has 3 aromatic rings. The lowest BCUT2D eigenvalue weighted by atomic mass is 10.0. The third-order valence-corrected chi connectivity index (χ3v) is 5.26. The second kappa shape index (κ2) is 6.42. The van der Waals surface area contributed by atoms with E-state index in [4.69, 9.17) is 0 Å². The first-order valence-corrected chi connectivity index (χ1v) is 9.06. The van der Waals surface area contributed by atoms with E-state index in [-0.39, 0.29) is 22.5 Å². The van der Waals surface area contributed by atoms with Crippen LogP contribution in [0.1, 0.15) is 17.4 Å². The Hall–Kier alpha value is -2.93. The van der Waals surface area contributed by atoms with E-state index in [0.29, 0.717) is 16.7 Å². The van der Waals surface area contributed by atoms with Gasteiger partial charge in [0.05, 0.1) is 16.7 Å². The van der Waals surface area contributed by atoms with Gasteiger partial charge in [-0.25, -0.2) is 4.98 Å². The number of amides is 2. The Balaban J connectivity index is 2.00. The summed E-state index contributed by atoms with van der Waals surface area (Å²) in [6.45, 7) is 0. The van der Waals surface area contributed by atoms with E-state index in [9.17, 15) is 14.4 Å². The van der Waals surface area contributed by atoms with Crippen LogP contribution in [0, 0.1) is 0 Å². The fourth-order valence-corrected chi connectivity index (χ4v) is 3.87. The molecule has 1 atom stereocenters. The largest absolute Gasteiger partial charge is 0.297 e. The van der Waals surface area contributed by atoms with Gasteiger partial charge in [0.25, 0.3) is 10.8 Å². The fourth-order valence-electron chi connectivity index (χ4n) is 3.14. The van der Waals surface area contributed by atoms with Crippen molar-refractivity contribution < 1.29 is 9.59 Å². The SMILES string of the molecule is Cn1c(C(c2ccccc2)N2C(=O)CSC2=O)nc2ccccc2c1=O. The molecule has 0 saturated carbocycles. The van der Waals surface area contributed by atoms with E-state index in [1.807, 2.05) is 30.3 Å². The molecule has 2 amide bonds. The fraction of sp³-hybridized carbons (Fsp3) is 0.158. The van der Waals surface area contributed by atoms with Crippen LogP contribution in [0.5, 0.6) is 0 Å². The van der Waals surface area contributed by atoms with Crippen molar-refractivity contribution in [1.29, 1.82) is 0 Å². The van der Waals surface area contributed by atoms with Gasteiger partial charge in [-0.05, 0) is 17.7 Å². The van der Waals surface area contributed by atoms with Crippen LogP contribution < -0.4 is 5.56 Å². The molecule has 1 saturated heterocycles. The number of carbonyl (C=O) groups is 2. The second-order valence-electron chi connectivity index (χ2n) is 5.98. The van der Waals surface area contributed by atoms with Crippen molar-refractivity contribution in [1.82, 2.24) is 14.5 Å². The smallest absolute Gasteiger partial charge is 0.289 e. The average molecular weight is 365 g/mol. The van der Waals surface area contributed by atoms with E-state index < -0.39 is 6.04 Å². The molecule has 0 spiro atoms. The lowest BCUT2D eigenvalue weighted by Crippen LogP contribution is -2.37. The Morgan fingerprint density at radius 3 is 2.38 bits per heavy atom. The van der Waals surface area contributed by atoms with Crippen LogP contribution in [0.3, 0.4) is 0 Å². The van der Waals surface area contributed by atoms with Gasteiger partial charge in [0.2, 0.25) is 5.91 Å². The molecule has 130 valence electrons. The van der Waals surface area contributed by atoms with Gasteiger partial charge >= 0.3 is 0 Å². The lowest BCUT2D eigenvalue weighted by molar-refractivity contribution is -0.125. The average Bonchev–Trinajstić information content (AvgIpc) is 2.99. The maximum absolute atomic E-state index is 12.8. The minimum atomic E-state index is -0.742. The zero-order valence-electron chi connectivity index (χ0n) is 14.0. The number of para-hydroxylation sites is 1. The zero-order chi connectivity index (χ0) is 18.3. The van der Waals surface area contributed by atoms with Crippen molar-refractivity contribution in [2.45, 2.75) is 6.04 Å². The molecule has 4 rings (SSSR count). The van der Waals surface area contributed by atoms with Gasteiger partial charge in [-0.3, -0.25) is 23.9 Å². The van der Waals surface area contributed by atoms with Crippen LogP contribution in [-0.2, 0) is 11.8 Å². The van der Waals surface area contributed by atoms with Crippen LogP contribution in [-0.4, -0.2) is 31.4 Å². The molecule has 0 aliphatic carbocycles. The summed E-state index contributed by atoms with van der Waals surface area (Å²) in [5.41, 5.74) is 1.06. The van der Waals surface area contributed by atoms with Crippen LogP contribution in [0.15, 0.2) is 59.4 Å². The summed E-state index contributed by atoms with van der Waals surface area (Å²) in [6, 6.07) is 15.5. The molecular weight excluding hydrogens is 350 g/mol. The van der Waals surface area contributed by atoms with E-state index in [2.05, 4.69) is 4.98 Å². The highest BCUT2D eigenvalue weighted by molar-refractivity contribution is 8.14. The summed E-state index contributed by atoms with van der Waals surface area (Å²) in [5.74, 6) is 0.185. The highest BCUT2D eigenvalue weighted by Crippen LogP contribution is 2.34. The molecule has 1 aromatic heterocycles. The predicted molar refractivity (Wildman–Crippen MR) is 100.0 cm³/mol. The van der Waals surface area contributed by atoms with Gasteiger partial charge in [0.15, 0.2) is 0 Å². The van der Waals surface area contributed by atoms with Crippen LogP contribution in [0.25, 0.3) is 10.9 Å². The van der Waals surface area contributed by atoms with Crippen LogP contribution in [0.2, 0.25) is 0 Å². The molecule has 7 heteroatoms. The Bertz CT molecular complexity index is 1060. The molecule has 1 fully saturated rings. The second-order valence-corrected chi connectivity index (χ2v) is 6.91. The molecule has 2 aromatic carbocycles. The van der Waals surface area contributed by atoms with E-state index in [0.717, 1.165) is 17.3 Å². The van der Waals surface area contributed by atoms with Gasteiger partial charge in [-0.2, -0.15) is 0 Å². The third kappa shape index (κ3) is 2.61. The molecule has 1 unspecified atom stereocenters. The zero-order valence-corrected chi connectivity index (χ0v) is 14.8. The van der Waals surface area contributed by atoms with Crippen LogP contribution in [0.4, 0.5) is 4.79 Å². The van der Waals surface area contributed by atoms with E-state index in [1.54, 1.807) is 31.3 Å². The third-order valence-electron chi connectivity index (χ3n) is 4.42. The number of fused-ring (bicyclic) bond motifs is 1. The monoisotopic (exact) mass is 365 g/mol. The highest BCUT2D eigenvalue weighted by Gasteiger charge is 2.39. The van der Waals surface area contributed by atoms with E-state index >= 15 is 0 Å². The number of rotatable bonds is 3. The van der Waals surface area contributed by atoms with Crippen LogP contribution >= 0.6 is 11.8 Å². The first-order chi connectivity index (χ1) is 12.6. The molecule has 0 N–H and O–H groups in total. The van der Waals surface area contributed by atoms with Crippen molar-refractivity contribution in [3.8, 4) is 0 Å². The summed E-state index contributed by atoms with van der Waals surface area (Å²) in [7, 11) is 1.62. The molecule has 1 aliphatic rings. The summed E-state index contributed by atoms with van der Waals surface area (Å²) < 4.78 is 1.42. The van der Waals surface area contributed by atoms with Gasteiger partial charge in [-0.15, -0.1) is 0 Å². The highest BCUT2D eigenvalue weighted by atomic mass is 32.2. The minimum absolute atomic E-state index is 0.101. The van der Waals surface area contributed by atoms with Gasteiger partial charge in [0.1, 0.15) is 11.9 Å². The summed E-state index contributed by atoms with van der Waals surface area (Å²) in [5, 5.41) is 0.172. The molecule has 0 bridgehead atoms. The van der Waals surface area contributed by atoms with Gasteiger partial charge in [-0.1, -0.05) is 54.2 Å². The Morgan fingerprint density at radius 1 is 1.00 bits per heavy atom. The number of benzene rings is 2. The van der Waals surface area contributed by atoms with Crippen molar-refractivity contribution in [2.24, 2.45) is 7.05 Å². The Morgan fingerprint density at radius 2 is 1.69 bits per heavy atom. The number of nitrogens with zero attached hydrogens (tertiary/aromatic N) is 3. The van der Waals surface area contributed by atoms with Crippen molar-refractivity contribution in [2.75, 3.05) is 5.75 Å². The van der Waals surface area contributed by atoms with Crippen molar-refractivity contribution in [3.05, 3.63) is 76.3 Å². The number of aromatic nitrogens is 2. The van der Waals surface area contributed by atoms with Gasteiger partial charge < -0.3 is 0 Å². The lowest BCUT2D eigenvalue weighted by Gasteiger charge is -2.27. The first kappa shape index (κ1) is 16.5. The number of carbonyl (C=O) groups excluding carboxylic acids is 2. The minimum Gasteiger partial charge on any atom is -0.297 e. The number of thioether (sulfide) groups is 1.